The predicted molar refractivity (Wildman–Crippen MR) is 111 cm³/mol. The summed E-state index contributed by atoms with van der Waals surface area (Å²) in [6, 6.07) is 13.6. The van der Waals surface area contributed by atoms with E-state index in [1.165, 1.54) is 12.3 Å². The number of fused-ring (bicyclic) bond motifs is 1. The first-order valence-corrected chi connectivity index (χ1v) is 9.65. The first-order chi connectivity index (χ1) is 14.1. The van der Waals surface area contributed by atoms with Crippen LogP contribution in [0.5, 0.6) is 23.1 Å². The third-order valence-corrected chi connectivity index (χ3v) is 4.60. The second-order valence-corrected chi connectivity index (χ2v) is 7.05. The maximum Gasteiger partial charge on any atom is 0.255 e. The average molecular weight is 431 g/mol. The Bertz CT molecular complexity index is 1060. The van der Waals surface area contributed by atoms with Gasteiger partial charge >= 0.3 is 0 Å². The van der Waals surface area contributed by atoms with E-state index in [0.717, 1.165) is 6.42 Å². The lowest BCUT2D eigenvalue weighted by atomic mass is 10.1. The molecule has 0 saturated heterocycles. The van der Waals surface area contributed by atoms with Crippen LogP contribution in [-0.4, -0.2) is 24.1 Å². The van der Waals surface area contributed by atoms with Crippen molar-refractivity contribution in [2.45, 2.75) is 6.42 Å². The molecule has 1 aromatic heterocycles. The molecule has 0 radical (unpaired) electrons. The number of benzene rings is 2. The Morgan fingerprint density at radius 3 is 2.66 bits per heavy atom. The number of amides is 1. The van der Waals surface area contributed by atoms with Crippen LogP contribution in [0.4, 0.5) is 5.69 Å². The smallest absolute Gasteiger partial charge is 0.255 e. The molecule has 3 aromatic rings. The molecule has 2 aromatic carbocycles. The van der Waals surface area contributed by atoms with E-state index in [1.807, 2.05) is 0 Å². The van der Waals surface area contributed by atoms with Crippen LogP contribution < -0.4 is 19.5 Å². The minimum absolute atomic E-state index is 0.188. The Balaban J connectivity index is 1.55. The van der Waals surface area contributed by atoms with E-state index in [4.69, 9.17) is 37.4 Å². The van der Waals surface area contributed by atoms with Gasteiger partial charge in [0.05, 0.1) is 23.9 Å². The van der Waals surface area contributed by atoms with Crippen LogP contribution >= 0.6 is 23.2 Å². The Hall–Kier alpha value is -2.96. The maximum absolute atomic E-state index is 12.8. The molecule has 0 bridgehead atoms. The van der Waals surface area contributed by atoms with Crippen LogP contribution in [-0.2, 0) is 0 Å². The number of nitrogens with one attached hydrogen (secondary N) is 1. The molecule has 8 heteroatoms. The van der Waals surface area contributed by atoms with Crippen molar-refractivity contribution in [3.05, 3.63) is 70.3 Å². The van der Waals surface area contributed by atoms with Gasteiger partial charge in [-0.1, -0.05) is 35.3 Å². The highest BCUT2D eigenvalue weighted by atomic mass is 35.5. The van der Waals surface area contributed by atoms with Crippen LogP contribution in [0.25, 0.3) is 0 Å². The molecule has 29 heavy (non-hydrogen) atoms. The molecular formula is C21H16Cl2N2O4. The van der Waals surface area contributed by atoms with Crippen LogP contribution in [0, 0.1) is 0 Å². The number of carbonyl (C=O) groups is 1. The summed E-state index contributed by atoms with van der Waals surface area (Å²) in [6.45, 7) is 1.13. The number of carbonyl (C=O) groups excluding carboxylic acids is 1. The number of ether oxygens (including phenoxy) is 3. The number of aromatic nitrogens is 1. The zero-order valence-corrected chi connectivity index (χ0v) is 16.7. The molecule has 1 aliphatic heterocycles. The molecule has 4 rings (SSSR count). The quantitative estimate of drug-likeness (QED) is 0.583. The molecule has 2 heterocycles. The van der Waals surface area contributed by atoms with E-state index in [0.29, 0.717) is 46.7 Å². The number of rotatable bonds is 4. The first kappa shape index (κ1) is 19.4. The Labute approximate surface area is 177 Å². The summed E-state index contributed by atoms with van der Waals surface area (Å²) in [5.74, 6) is 1.45. The number of para-hydroxylation sites is 2. The second-order valence-electron chi connectivity index (χ2n) is 6.20. The number of anilines is 1. The SMILES string of the molecule is O=C(Nc1ccccc1Oc1ncc(Cl)cc1Cl)c1ccc2c(c1)OCCCO2. The summed E-state index contributed by atoms with van der Waals surface area (Å²) in [7, 11) is 0. The molecule has 0 spiro atoms. The molecule has 1 aliphatic rings. The molecule has 6 nitrogen and oxygen atoms in total. The molecule has 0 atom stereocenters. The Kier molecular flexibility index (Phi) is 5.74. The molecule has 0 unspecified atom stereocenters. The predicted octanol–water partition coefficient (Wildman–Crippen LogP) is 5.59. The lowest BCUT2D eigenvalue weighted by Crippen LogP contribution is -2.13. The van der Waals surface area contributed by atoms with Gasteiger partial charge in [0.25, 0.3) is 5.91 Å². The van der Waals surface area contributed by atoms with Crippen molar-refractivity contribution in [2.24, 2.45) is 0 Å². The fraction of sp³-hybridized carbons (Fsp3) is 0.143. The van der Waals surface area contributed by atoms with E-state index in [1.54, 1.807) is 42.5 Å². The topological polar surface area (TPSA) is 69.7 Å². The van der Waals surface area contributed by atoms with Crippen molar-refractivity contribution >= 4 is 34.8 Å². The van der Waals surface area contributed by atoms with Gasteiger partial charge in [-0.25, -0.2) is 4.98 Å². The lowest BCUT2D eigenvalue weighted by molar-refractivity contribution is 0.102. The van der Waals surface area contributed by atoms with Crippen molar-refractivity contribution in [1.82, 2.24) is 4.98 Å². The number of nitrogens with zero attached hydrogens (tertiary/aromatic N) is 1. The van der Waals surface area contributed by atoms with Crippen LogP contribution in [0.1, 0.15) is 16.8 Å². The van der Waals surface area contributed by atoms with Gasteiger partial charge in [-0.3, -0.25) is 4.79 Å². The molecular weight excluding hydrogens is 415 g/mol. The van der Waals surface area contributed by atoms with Gasteiger partial charge in [0.1, 0.15) is 5.02 Å². The summed E-state index contributed by atoms with van der Waals surface area (Å²) >= 11 is 12.0. The number of hydrogen-bond donors (Lipinski definition) is 1. The molecule has 0 saturated carbocycles. The van der Waals surface area contributed by atoms with Gasteiger partial charge < -0.3 is 19.5 Å². The van der Waals surface area contributed by atoms with Gasteiger partial charge in [-0.2, -0.15) is 0 Å². The van der Waals surface area contributed by atoms with Crippen molar-refractivity contribution in [3.8, 4) is 23.1 Å². The van der Waals surface area contributed by atoms with Crippen LogP contribution in [0.3, 0.4) is 0 Å². The van der Waals surface area contributed by atoms with Crippen molar-refractivity contribution < 1.29 is 19.0 Å². The third-order valence-electron chi connectivity index (χ3n) is 4.13. The number of pyridine rings is 1. The largest absolute Gasteiger partial charge is 0.490 e. The standard InChI is InChI=1S/C21H16Cl2N2O4/c22-14-11-15(23)21(24-12-14)29-17-5-2-1-4-16(17)25-20(26)13-6-7-18-19(10-13)28-9-3-8-27-18/h1-2,4-7,10-12H,3,8-9H2,(H,25,26). The van der Waals surface area contributed by atoms with E-state index >= 15 is 0 Å². The molecule has 0 aliphatic carbocycles. The lowest BCUT2D eigenvalue weighted by Gasteiger charge is -2.13. The fourth-order valence-corrected chi connectivity index (χ4v) is 3.16. The van der Waals surface area contributed by atoms with E-state index in [9.17, 15) is 4.79 Å². The van der Waals surface area contributed by atoms with Crippen molar-refractivity contribution in [1.29, 1.82) is 0 Å². The molecule has 0 fully saturated rings. The minimum Gasteiger partial charge on any atom is -0.490 e. The van der Waals surface area contributed by atoms with E-state index < -0.39 is 0 Å². The fourth-order valence-electron chi connectivity index (χ4n) is 2.74. The van der Waals surface area contributed by atoms with Crippen LogP contribution in [0.15, 0.2) is 54.7 Å². The second kappa shape index (κ2) is 8.59. The Morgan fingerprint density at radius 1 is 1.03 bits per heavy atom. The zero-order valence-electron chi connectivity index (χ0n) is 15.2. The van der Waals surface area contributed by atoms with Gasteiger partial charge in [-0.05, 0) is 36.4 Å². The number of halogens is 2. The molecule has 1 amide bonds. The van der Waals surface area contributed by atoms with Crippen molar-refractivity contribution in [3.63, 3.8) is 0 Å². The third kappa shape index (κ3) is 4.55. The summed E-state index contributed by atoms with van der Waals surface area (Å²) in [5.41, 5.74) is 0.907. The van der Waals surface area contributed by atoms with Gasteiger partial charge in [0.15, 0.2) is 17.2 Å². The van der Waals surface area contributed by atoms with Crippen LogP contribution in [0.2, 0.25) is 10.0 Å². The Morgan fingerprint density at radius 2 is 1.83 bits per heavy atom. The highest BCUT2D eigenvalue weighted by Crippen LogP contribution is 2.34. The van der Waals surface area contributed by atoms with E-state index in [-0.39, 0.29) is 16.8 Å². The van der Waals surface area contributed by atoms with Gasteiger partial charge in [0, 0.05) is 18.2 Å². The van der Waals surface area contributed by atoms with Gasteiger partial charge in [-0.15, -0.1) is 0 Å². The number of hydrogen-bond acceptors (Lipinski definition) is 5. The monoisotopic (exact) mass is 430 g/mol. The van der Waals surface area contributed by atoms with Crippen molar-refractivity contribution in [2.75, 3.05) is 18.5 Å². The summed E-state index contributed by atoms with van der Waals surface area (Å²) in [5, 5.41) is 3.51. The molecule has 148 valence electrons. The normalized spacial score (nSPS) is 12.8. The highest BCUT2D eigenvalue weighted by Gasteiger charge is 2.16. The first-order valence-electron chi connectivity index (χ1n) is 8.89. The summed E-state index contributed by atoms with van der Waals surface area (Å²) in [4.78, 5) is 16.9. The summed E-state index contributed by atoms with van der Waals surface area (Å²) < 4.78 is 17.0. The highest BCUT2D eigenvalue weighted by molar-refractivity contribution is 6.35. The van der Waals surface area contributed by atoms with E-state index in [2.05, 4.69) is 10.3 Å². The average Bonchev–Trinajstić information content (AvgIpc) is 2.96. The molecule has 1 N–H and O–H groups in total. The summed E-state index contributed by atoms with van der Waals surface area (Å²) in [6.07, 6.45) is 2.23. The van der Waals surface area contributed by atoms with Gasteiger partial charge in [0.2, 0.25) is 5.88 Å². The zero-order chi connectivity index (χ0) is 20.2. The minimum atomic E-state index is -0.313. The maximum atomic E-state index is 12.8.